The average molecular weight is 202 g/mol. The maximum Gasteiger partial charge on any atom is 0.189 e. The number of Topliss-reactive ketones (excluding diaryl/α,β-unsaturated/α-hetero) is 1. The molecule has 0 atom stereocenters. The second-order valence-electron chi connectivity index (χ2n) is 3.18. The number of carbonyl (C=O) groups is 1. The van der Waals surface area contributed by atoms with E-state index >= 15 is 0 Å². The van der Waals surface area contributed by atoms with Gasteiger partial charge in [0.2, 0.25) is 0 Å². The van der Waals surface area contributed by atoms with E-state index in [9.17, 15) is 4.79 Å². The number of hydrogen-bond acceptors (Lipinski definition) is 4. The number of pyridine rings is 1. The molecular weight excluding hydrogens is 192 g/mol. The van der Waals surface area contributed by atoms with Crippen molar-refractivity contribution in [3.8, 4) is 0 Å². The van der Waals surface area contributed by atoms with Gasteiger partial charge in [-0.1, -0.05) is 6.07 Å². The molecule has 0 amide bonds. The smallest absolute Gasteiger partial charge is 0.189 e. The third-order valence-electron chi connectivity index (χ3n) is 1.97. The Kier molecular flexibility index (Phi) is 2.53. The van der Waals surface area contributed by atoms with Crippen LogP contribution in [0, 0.1) is 0 Å². The van der Waals surface area contributed by atoms with Crippen LogP contribution in [0.4, 0.5) is 0 Å². The highest BCUT2D eigenvalue weighted by molar-refractivity contribution is 5.95. The fourth-order valence-electron chi connectivity index (χ4n) is 1.25. The Morgan fingerprint density at radius 1 is 1.47 bits per heavy atom. The van der Waals surface area contributed by atoms with E-state index in [-0.39, 0.29) is 5.78 Å². The minimum Gasteiger partial charge on any atom is -0.292 e. The predicted molar refractivity (Wildman–Crippen MR) is 53.3 cm³/mol. The molecule has 2 aromatic rings. The molecule has 0 aliphatic rings. The molecule has 0 bridgehead atoms. The molecule has 15 heavy (non-hydrogen) atoms. The van der Waals surface area contributed by atoms with Gasteiger partial charge in [0.15, 0.2) is 5.78 Å². The van der Waals surface area contributed by atoms with Crippen LogP contribution < -0.4 is 0 Å². The molecule has 0 fully saturated rings. The summed E-state index contributed by atoms with van der Waals surface area (Å²) in [6.45, 7) is 0. The fourth-order valence-corrected chi connectivity index (χ4v) is 1.25. The number of hydrogen-bond donors (Lipinski definition) is 0. The van der Waals surface area contributed by atoms with Crippen LogP contribution in [0.5, 0.6) is 0 Å². The molecule has 76 valence electrons. The molecule has 0 radical (unpaired) electrons. The van der Waals surface area contributed by atoms with Gasteiger partial charge in [-0.2, -0.15) is 15.0 Å². The summed E-state index contributed by atoms with van der Waals surface area (Å²) < 4.78 is 0. The first-order chi connectivity index (χ1) is 7.25. The Balaban J connectivity index is 2.11. The van der Waals surface area contributed by atoms with Crippen molar-refractivity contribution in [3.63, 3.8) is 0 Å². The summed E-state index contributed by atoms with van der Waals surface area (Å²) in [7, 11) is 1.68. The number of aryl methyl sites for hydroxylation is 1. The van der Waals surface area contributed by atoms with Gasteiger partial charge >= 0.3 is 0 Å². The highest BCUT2D eigenvalue weighted by Crippen LogP contribution is 2.02. The van der Waals surface area contributed by atoms with Gasteiger partial charge in [-0.05, 0) is 11.6 Å². The summed E-state index contributed by atoms with van der Waals surface area (Å²) in [6.07, 6.45) is 5.13. The third-order valence-corrected chi connectivity index (χ3v) is 1.97. The van der Waals surface area contributed by atoms with Crippen molar-refractivity contribution in [2.24, 2.45) is 7.05 Å². The molecule has 5 heteroatoms. The van der Waals surface area contributed by atoms with Gasteiger partial charge in [-0.25, -0.2) is 0 Å². The SMILES string of the molecule is Cn1ncc(C(=O)Cc2cccnc2)n1. The summed E-state index contributed by atoms with van der Waals surface area (Å²) in [5.41, 5.74) is 1.27. The first kappa shape index (κ1) is 9.51. The number of aromatic nitrogens is 4. The van der Waals surface area contributed by atoms with Crippen molar-refractivity contribution < 1.29 is 4.79 Å². The zero-order valence-corrected chi connectivity index (χ0v) is 8.29. The minimum atomic E-state index is -0.0453. The molecular formula is C10H10N4O. The zero-order valence-electron chi connectivity index (χ0n) is 8.29. The standard InChI is InChI=1S/C10H10N4O/c1-14-12-7-9(13-14)10(15)5-8-3-2-4-11-6-8/h2-4,6-7H,5H2,1H3. The van der Waals surface area contributed by atoms with Crippen LogP contribution >= 0.6 is 0 Å². The molecule has 2 rings (SSSR count). The van der Waals surface area contributed by atoms with Crippen LogP contribution in [0.15, 0.2) is 30.7 Å². The average Bonchev–Trinajstić information content (AvgIpc) is 2.66. The molecule has 2 aromatic heterocycles. The second-order valence-corrected chi connectivity index (χ2v) is 3.18. The summed E-state index contributed by atoms with van der Waals surface area (Å²) in [6, 6.07) is 3.67. The first-order valence-corrected chi connectivity index (χ1v) is 4.54. The van der Waals surface area contributed by atoms with E-state index in [1.807, 2.05) is 6.07 Å². The Morgan fingerprint density at radius 3 is 2.93 bits per heavy atom. The van der Waals surface area contributed by atoms with E-state index in [0.29, 0.717) is 12.1 Å². The summed E-state index contributed by atoms with van der Waals surface area (Å²) in [5.74, 6) is -0.0453. The van der Waals surface area contributed by atoms with Gasteiger partial charge in [-0.15, -0.1) is 0 Å². The molecule has 5 nitrogen and oxygen atoms in total. The highest BCUT2D eigenvalue weighted by Gasteiger charge is 2.10. The maximum atomic E-state index is 11.7. The van der Waals surface area contributed by atoms with Crippen molar-refractivity contribution >= 4 is 5.78 Å². The lowest BCUT2D eigenvalue weighted by atomic mass is 10.1. The van der Waals surface area contributed by atoms with Crippen LogP contribution in [0.25, 0.3) is 0 Å². The van der Waals surface area contributed by atoms with Gasteiger partial charge in [0.05, 0.1) is 6.20 Å². The molecule has 0 aliphatic heterocycles. The van der Waals surface area contributed by atoms with E-state index in [2.05, 4.69) is 15.2 Å². The number of carbonyl (C=O) groups excluding carboxylic acids is 1. The van der Waals surface area contributed by atoms with E-state index in [1.165, 1.54) is 11.0 Å². The first-order valence-electron chi connectivity index (χ1n) is 4.54. The van der Waals surface area contributed by atoms with Gasteiger partial charge < -0.3 is 0 Å². The van der Waals surface area contributed by atoms with Gasteiger partial charge in [-0.3, -0.25) is 9.78 Å². The fraction of sp³-hybridized carbons (Fsp3) is 0.200. The molecule has 0 unspecified atom stereocenters. The molecule has 0 saturated carbocycles. The monoisotopic (exact) mass is 202 g/mol. The van der Waals surface area contributed by atoms with Gasteiger partial charge in [0.1, 0.15) is 5.69 Å². The molecule has 0 saturated heterocycles. The number of ketones is 1. The summed E-state index contributed by atoms with van der Waals surface area (Å²) >= 11 is 0. The number of rotatable bonds is 3. The number of nitrogens with zero attached hydrogens (tertiary/aromatic N) is 4. The Labute approximate surface area is 86.8 Å². The van der Waals surface area contributed by atoms with Crippen molar-refractivity contribution in [2.45, 2.75) is 6.42 Å². The van der Waals surface area contributed by atoms with Gasteiger partial charge in [0, 0.05) is 25.9 Å². The largest absolute Gasteiger partial charge is 0.292 e. The topological polar surface area (TPSA) is 60.7 Å². The Bertz CT molecular complexity index is 463. The van der Waals surface area contributed by atoms with E-state index in [4.69, 9.17) is 0 Å². The minimum absolute atomic E-state index is 0.0453. The zero-order chi connectivity index (χ0) is 10.7. The van der Waals surface area contributed by atoms with Crippen LogP contribution in [0.2, 0.25) is 0 Å². The second kappa shape index (κ2) is 4.00. The molecule has 0 N–H and O–H groups in total. The predicted octanol–water partition coefficient (Wildman–Crippen LogP) is 0.635. The quantitative estimate of drug-likeness (QED) is 0.685. The normalized spacial score (nSPS) is 10.2. The Morgan fingerprint density at radius 2 is 2.33 bits per heavy atom. The highest BCUT2D eigenvalue weighted by atomic mass is 16.1. The van der Waals surface area contributed by atoms with Crippen LogP contribution in [0.3, 0.4) is 0 Å². The van der Waals surface area contributed by atoms with Crippen LogP contribution in [0.1, 0.15) is 16.1 Å². The molecule has 0 aromatic carbocycles. The molecule has 0 spiro atoms. The van der Waals surface area contributed by atoms with Crippen molar-refractivity contribution in [3.05, 3.63) is 42.0 Å². The van der Waals surface area contributed by atoms with E-state index in [1.54, 1.807) is 25.5 Å². The third kappa shape index (κ3) is 2.25. The van der Waals surface area contributed by atoms with Crippen molar-refractivity contribution in [1.29, 1.82) is 0 Å². The van der Waals surface area contributed by atoms with E-state index < -0.39 is 0 Å². The summed E-state index contributed by atoms with van der Waals surface area (Å²) in [4.78, 5) is 17.0. The van der Waals surface area contributed by atoms with Crippen LogP contribution in [-0.4, -0.2) is 25.8 Å². The van der Waals surface area contributed by atoms with Crippen LogP contribution in [-0.2, 0) is 13.5 Å². The summed E-state index contributed by atoms with van der Waals surface area (Å²) in [5, 5.41) is 7.79. The lowest BCUT2D eigenvalue weighted by Crippen LogP contribution is -2.05. The lowest BCUT2D eigenvalue weighted by molar-refractivity contribution is 0.0987. The molecule has 2 heterocycles. The molecule has 0 aliphatic carbocycles. The Hall–Kier alpha value is -2.04. The maximum absolute atomic E-state index is 11.7. The van der Waals surface area contributed by atoms with Crippen molar-refractivity contribution in [1.82, 2.24) is 20.0 Å². The van der Waals surface area contributed by atoms with Gasteiger partial charge in [0.25, 0.3) is 0 Å². The lowest BCUT2D eigenvalue weighted by Gasteiger charge is -1.96. The van der Waals surface area contributed by atoms with Crippen molar-refractivity contribution in [2.75, 3.05) is 0 Å². The van der Waals surface area contributed by atoms with E-state index in [0.717, 1.165) is 5.56 Å².